The van der Waals surface area contributed by atoms with Gasteiger partial charge in [0.05, 0.1) is 6.54 Å². The quantitative estimate of drug-likeness (QED) is 0.306. The highest BCUT2D eigenvalue weighted by atomic mass is 19.4. The summed E-state index contributed by atoms with van der Waals surface area (Å²) in [5.41, 5.74) is 3.11. The van der Waals surface area contributed by atoms with Gasteiger partial charge in [-0.15, -0.1) is 0 Å². The van der Waals surface area contributed by atoms with E-state index in [-0.39, 0.29) is 24.8 Å². The summed E-state index contributed by atoms with van der Waals surface area (Å²) in [4.78, 5) is 26.8. The minimum atomic E-state index is -4.59. The number of nitrogens with zero attached hydrogens (tertiary/aromatic N) is 4. The van der Waals surface area contributed by atoms with Crippen molar-refractivity contribution in [3.05, 3.63) is 120 Å². The molecule has 43 heavy (non-hydrogen) atoms. The van der Waals surface area contributed by atoms with Gasteiger partial charge in [-0.3, -0.25) is 9.78 Å². The second-order valence-electron chi connectivity index (χ2n) is 9.86. The van der Waals surface area contributed by atoms with Crippen molar-refractivity contribution in [1.82, 2.24) is 15.0 Å². The number of amides is 1. The Kier molecular flexibility index (Phi) is 7.20. The van der Waals surface area contributed by atoms with Gasteiger partial charge in [-0.05, 0) is 47.5 Å². The van der Waals surface area contributed by atoms with Gasteiger partial charge in [0.25, 0.3) is 0 Å². The highest BCUT2D eigenvalue weighted by Gasteiger charge is 2.57. The standard InChI is InChI=1S/C26H17F3N2O3.C4H5BN2O2/c27-26(28,29)23-10-8-18(34-23)14-31-21-6-2-1-5-19(21)25(24(31)32)15-33-22-9-7-16(12-20(22)25)17-4-3-11-30-13-17;8-5(9)4-1-6-3-7-2-4/h1-13H,14-15H2;1-3,8-9H. The van der Waals surface area contributed by atoms with Crippen LogP contribution in [-0.2, 0) is 22.9 Å². The lowest BCUT2D eigenvalue weighted by Crippen LogP contribution is -2.42. The van der Waals surface area contributed by atoms with Crippen LogP contribution in [0.15, 0.2) is 102 Å². The number of aromatic nitrogens is 3. The minimum Gasteiger partial charge on any atom is -0.491 e. The van der Waals surface area contributed by atoms with Crippen LogP contribution in [0.2, 0.25) is 0 Å². The van der Waals surface area contributed by atoms with Crippen molar-refractivity contribution in [3.63, 3.8) is 0 Å². The molecule has 3 aromatic heterocycles. The molecule has 5 aromatic rings. The van der Waals surface area contributed by atoms with Crippen molar-refractivity contribution in [2.45, 2.75) is 18.1 Å². The third kappa shape index (κ3) is 5.13. The lowest BCUT2D eigenvalue weighted by Gasteiger charge is -2.23. The number of halogens is 3. The van der Waals surface area contributed by atoms with E-state index in [0.717, 1.165) is 28.3 Å². The predicted molar refractivity (Wildman–Crippen MR) is 149 cm³/mol. The maximum atomic E-state index is 14.0. The van der Waals surface area contributed by atoms with E-state index in [2.05, 4.69) is 15.0 Å². The molecule has 1 amide bonds. The van der Waals surface area contributed by atoms with Gasteiger partial charge >= 0.3 is 13.3 Å². The Morgan fingerprint density at radius 3 is 2.37 bits per heavy atom. The van der Waals surface area contributed by atoms with Gasteiger partial charge in [-0.25, -0.2) is 9.97 Å². The van der Waals surface area contributed by atoms with Crippen molar-refractivity contribution in [2.24, 2.45) is 0 Å². The summed E-state index contributed by atoms with van der Waals surface area (Å²) in [5, 5.41) is 17.0. The van der Waals surface area contributed by atoms with Crippen LogP contribution in [0.3, 0.4) is 0 Å². The first-order chi connectivity index (χ1) is 20.7. The molecule has 2 aliphatic rings. The Balaban J connectivity index is 0.000000315. The lowest BCUT2D eigenvalue weighted by atomic mass is 9.76. The molecular formula is C30H22BF3N4O5. The van der Waals surface area contributed by atoms with Gasteiger partial charge in [-0.2, -0.15) is 13.2 Å². The zero-order chi connectivity index (χ0) is 30.2. The Hall–Kier alpha value is -5.01. The SMILES string of the molecule is O=C1N(Cc2ccc(C(F)(F)F)o2)c2ccccc2C12COc1ccc(-c3cccnc3)cc12.OB(O)c1cncnc1. The third-order valence-electron chi connectivity index (χ3n) is 7.28. The lowest BCUT2D eigenvalue weighted by molar-refractivity contribution is -0.153. The van der Waals surface area contributed by atoms with Crippen LogP contribution in [-0.4, -0.2) is 44.6 Å². The molecule has 0 aliphatic carbocycles. The van der Waals surface area contributed by atoms with Crippen LogP contribution in [0.4, 0.5) is 18.9 Å². The van der Waals surface area contributed by atoms with Crippen LogP contribution in [0.25, 0.3) is 11.1 Å². The number of para-hydroxylation sites is 1. The molecule has 0 saturated carbocycles. The number of carbonyl (C=O) groups is 1. The zero-order valence-electron chi connectivity index (χ0n) is 22.3. The molecule has 2 aliphatic heterocycles. The van der Waals surface area contributed by atoms with E-state index in [4.69, 9.17) is 19.2 Å². The molecule has 1 unspecified atom stereocenters. The average Bonchev–Trinajstić information content (AvgIpc) is 3.72. The summed E-state index contributed by atoms with van der Waals surface area (Å²) in [7, 11) is -1.47. The zero-order valence-corrected chi connectivity index (χ0v) is 22.3. The first kappa shape index (κ1) is 28.1. The molecule has 2 N–H and O–H groups in total. The molecular weight excluding hydrogens is 564 g/mol. The largest absolute Gasteiger partial charge is 0.491 e. The van der Waals surface area contributed by atoms with Gasteiger partial charge in [0.15, 0.2) is 0 Å². The average molecular weight is 586 g/mol. The second kappa shape index (κ2) is 11.0. The molecule has 0 saturated heterocycles. The van der Waals surface area contributed by atoms with E-state index in [1.54, 1.807) is 24.5 Å². The number of pyridine rings is 1. The number of hydrogen-bond acceptors (Lipinski definition) is 8. The first-order valence-electron chi connectivity index (χ1n) is 13.0. The van der Waals surface area contributed by atoms with Gasteiger partial charge in [0.1, 0.15) is 29.9 Å². The second-order valence-corrected chi connectivity index (χ2v) is 9.86. The number of rotatable bonds is 4. The van der Waals surface area contributed by atoms with Crippen LogP contribution < -0.4 is 15.1 Å². The van der Waals surface area contributed by atoms with Gasteiger partial charge in [-0.1, -0.05) is 30.3 Å². The van der Waals surface area contributed by atoms with E-state index < -0.39 is 24.5 Å². The number of ether oxygens (including phenoxy) is 1. The van der Waals surface area contributed by atoms with E-state index in [0.29, 0.717) is 16.9 Å². The molecule has 13 heteroatoms. The smallest absolute Gasteiger partial charge is 0.491 e. The van der Waals surface area contributed by atoms with Crippen molar-refractivity contribution in [3.8, 4) is 16.9 Å². The van der Waals surface area contributed by atoms with Crippen molar-refractivity contribution in [2.75, 3.05) is 11.5 Å². The normalized spacial score (nSPS) is 16.8. The number of furan rings is 1. The van der Waals surface area contributed by atoms with E-state index in [1.165, 1.54) is 29.7 Å². The Bertz CT molecular complexity index is 1770. The summed E-state index contributed by atoms with van der Waals surface area (Å²) in [6, 6.07) is 18.9. The highest BCUT2D eigenvalue weighted by molar-refractivity contribution is 6.58. The van der Waals surface area contributed by atoms with Gasteiger partial charge in [0.2, 0.25) is 11.7 Å². The molecule has 2 aromatic carbocycles. The number of carbonyl (C=O) groups excluding carboxylic acids is 1. The van der Waals surface area contributed by atoms with Crippen LogP contribution in [0.1, 0.15) is 22.6 Å². The monoisotopic (exact) mass is 586 g/mol. The van der Waals surface area contributed by atoms with Crippen molar-refractivity contribution in [1.29, 1.82) is 0 Å². The number of anilines is 1. The molecule has 1 atom stereocenters. The van der Waals surface area contributed by atoms with E-state index in [9.17, 15) is 18.0 Å². The van der Waals surface area contributed by atoms with Gasteiger partial charge < -0.3 is 24.1 Å². The fourth-order valence-electron chi connectivity index (χ4n) is 5.26. The highest BCUT2D eigenvalue weighted by Crippen LogP contribution is 2.53. The van der Waals surface area contributed by atoms with Crippen LogP contribution in [0, 0.1) is 0 Å². The molecule has 9 nitrogen and oxygen atoms in total. The van der Waals surface area contributed by atoms with Gasteiger partial charge in [0, 0.05) is 47.1 Å². The number of alkyl halides is 3. The number of hydrogen-bond donors (Lipinski definition) is 2. The number of fused-ring (bicyclic) bond motifs is 4. The minimum absolute atomic E-state index is 0.0516. The molecule has 0 radical (unpaired) electrons. The maximum absolute atomic E-state index is 14.0. The summed E-state index contributed by atoms with van der Waals surface area (Å²) >= 11 is 0. The topological polar surface area (TPSA) is 122 Å². The fourth-order valence-corrected chi connectivity index (χ4v) is 5.26. The number of benzene rings is 2. The Morgan fingerprint density at radius 1 is 0.907 bits per heavy atom. The Labute approximate surface area is 243 Å². The molecule has 216 valence electrons. The third-order valence-corrected chi connectivity index (χ3v) is 7.28. The molecule has 0 bridgehead atoms. The molecule has 5 heterocycles. The van der Waals surface area contributed by atoms with Crippen LogP contribution >= 0.6 is 0 Å². The fraction of sp³-hybridized carbons (Fsp3) is 0.133. The summed E-state index contributed by atoms with van der Waals surface area (Å²) in [5.74, 6) is -0.695. The Morgan fingerprint density at radius 2 is 1.70 bits per heavy atom. The molecule has 7 rings (SSSR count). The van der Waals surface area contributed by atoms with E-state index >= 15 is 0 Å². The predicted octanol–water partition coefficient (Wildman–Crippen LogP) is 3.74. The molecule has 0 fully saturated rings. The van der Waals surface area contributed by atoms with Crippen molar-refractivity contribution >= 4 is 24.2 Å². The summed E-state index contributed by atoms with van der Waals surface area (Å²) < 4.78 is 50.0. The molecule has 1 spiro atoms. The van der Waals surface area contributed by atoms with E-state index in [1.807, 2.05) is 42.5 Å². The van der Waals surface area contributed by atoms with Crippen LogP contribution in [0.5, 0.6) is 5.75 Å². The first-order valence-corrected chi connectivity index (χ1v) is 13.0. The summed E-state index contributed by atoms with van der Waals surface area (Å²) in [6.07, 6.45) is 2.86. The summed E-state index contributed by atoms with van der Waals surface area (Å²) in [6.45, 7) is -0.0115. The van der Waals surface area contributed by atoms with Crippen molar-refractivity contribution < 1.29 is 37.2 Å². The maximum Gasteiger partial charge on any atom is 0.491 e.